The van der Waals surface area contributed by atoms with E-state index in [0.29, 0.717) is 28.5 Å². The molecular formula is C16H20ClN3O3S. The highest BCUT2D eigenvalue weighted by atomic mass is 35.5. The molecule has 0 aliphatic carbocycles. The van der Waals surface area contributed by atoms with Gasteiger partial charge in [-0.05, 0) is 24.6 Å². The quantitative estimate of drug-likeness (QED) is 0.877. The van der Waals surface area contributed by atoms with E-state index in [-0.39, 0.29) is 4.91 Å². The van der Waals surface area contributed by atoms with E-state index >= 15 is 0 Å². The SMILES string of the molecule is CC1=C(c2cccc(Cl)c2)S(=O)(=O)NC1=NCCN1CCOCC1. The largest absolute Gasteiger partial charge is 0.379 e. The molecule has 24 heavy (non-hydrogen) atoms. The Labute approximate surface area is 147 Å². The average Bonchev–Trinajstić information content (AvgIpc) is 2.77. The van der Waals surface area contributed by atoms with Crippen LogP contribution >= 0.6 is 11.6 Å². The normalized spacial score (nSPS) is 22.8. The van der Waals surface area contributed by atoms with Crippen LogP contribution in [0.2, 0.25) is 5.02 Å². The van der Waals surface area contributed by atoms with Gasteiger partial charge in [0.25, 0.3) is 10.0 Å². The van der Waals surface area contributed by atoms with Crippen molar-refractivity contribution in [3.05, 3.63) is 40.4 Å². The van der Waals surface area contributed by atoms with Crippen LogP contribution in [0.3, 0.4) is 0 Å². The van der Waals surface area contributed by atoms with Gasteiger partial charge in [0.1, 0.15) is 10.7 Å². The lowest BCUT2D eigenvalue weighted by Gasteiger charge is -2.25. The van der Waals surface area contributed by atoms with E-state index in [2.05, 4.69) is 14.6 Å². The van der Waals surface area contributed by atoms with E-state index in [9.17, 15) is 8.42 Å². The first-order valence-corrected chi connectivity index (χ1v) is 9.68. The summed E-state index contributed by atoms with van der Waals surface area (Å²) in [4.78, 5) is 6.95. The van der Waals surface area contributed by atoms with Crippen molar-refractivity contribution in [2.75, 3.05) is 39.4 Å². The maximum Gasteiger partial charge on any atom is 0.264 e. The van der Waals surface area contributed by atoms with Crippen molar-refractivity contribution >= 4 is 32.4 Å². The Morgan fingerprint density at radius 3 is 2.79 bits per heavy atom. The minimum atomic E-state index is -3.60. The zero-order valence-corrected chi connectivity index (χ0v) is 15.0. The number of aliphatic imine (C=N–C) groups is 1. The molecule has 6 nitrogen and oxygen atoms in total. The van der Waals surface area contributed by atoms with Crippen molar-refractivity contribution < 1.29 is 13.2 Å². The van der Waals surface area contributed by atoms with Crippen LogP contribution < -0.4 is 4.72 Å². The first-order chi connectivity index (χ1) is 11.5. The summed E-state index contributed by atoms with van der Waals surface area (Å²) in [5, 5.41) is 0.501. The van der Waals surface area contributed by atoms with Gasteiger partial charge in [-0.2, -0.15) is 0 Å². The predicted octanol–water partition coefficient (Wildman–Crippen LogP) is 1.73. The fourth-order valence-electron chi connectivity index (χ4n) is 2.84. The molecular weight excluding hydrogens is 350 g/mol. The van der Waals surface area contributed by atoms with E-state index in [1.165, 1.54) is 0 Å². The van der Waals surface area contributed by atoms with Crippen LogP contribution in [-0.2, 0) is 14.8 Å². The van der Waals surface area contributed by atoms with Gasteiger partial charge >= 0.3 is 0 Å². The van der Waals surface area contributed by atoms with Crippen LogP contribution in [0.4, 0.5) is 0 Å². The van der Waals surface area contributed by atoms with Crippen LogP contribution in [0, 0.1) is 0 Å². The molecule has 0 radical (unpaired) electrons. The minimum Gasteiger partial charge on any atom is -0.379 e. The first-order valence-electron chi connectivity index (χ1n) is 7.82. The third-order valence-corrected chi connectivity index (χ3v) is 5.85. The molecule has 1 fully saturated rings. The number of benzene rings is 1. The number of hydrogen-bond acceptors (Lipinski definition) is 5. The second-order valence-corrected chi connectivity index (χ2v) is 7.81. The van der Waals surface area contributed by atoms with Crippen LogP contribution in [0.25, 0.3) is 4.91 Å². The maximum atomic E-state index is 12.4. The van der Waals surface area contributed by atoms with E-state index in [0.717, 1.165) is 32.8 Å². The Morgan fingerprint density at radius 1 is 1.33 bits per heavy atom. The molecule has 1 saturated heterocycles. The Hall–Kier alpha value is -1.41. The van der Waals surface area contributed by atoms with Gasteiger partial charge in [0.15, 0.2) is 0 Å². The summed E-state index contributed by atoms with van der Waals surface area (Å²) < 4.78 is 32.7. The van der Waals surface area contributed by atoms with Gasteiger partial charge in [-0.1, -0.05) is 23.7 Å². The van der Waals surface area contributed by atoms with Gasteiger partial charge in [-0.25, -0.2) is 8.42 Å². The van der Waals surface area contributed by atoms with Gasteiger partial charge < -0.3 is 4.74 Å². The molecule has 1 N–H and O–H groups in total. The zero-order valence-electron chi connectivity index (χ0n) is 13.5. The standard InChI is InChI=1S/C16H20ClN3O3S/c1-12-15(13-3-2-4-14(17)11-13)24(21,22)19-16(12)18-5-6-20-7-9-23-10-8-20/h2-4,11H,5-10H2,1H3,(H,18,19). The third kappa shape index (κ3) is 3.80. The van der Waals surface area contributed by atoms with Gasteiger partial charge in [0, 0.05) is 30.2 Å². The van der Waals surface area contributed by atoms with Gasteiger partial charge in [-0.3, -0.25) is 14.6 Å². The molecule has 2 aliphatic rings. The van der Waals surface area contributed by atoms with Crippen LogP contribution in [0.1, 0.15) is 12.5 Å². The van der Waals surface area contributed by atoms with Gasteiger partial charge in [-0.15, -0.1) is 0 Å². The predicted molar refractivity (Wildman–Crippen MR) is 95.7 cm³/mol. The highest BCUT2D eigenvalue weighted by molar-refractivity contribution is 8.00. The van der Waals surface area contributed by atoms with Gasteiger partial charge in [0.2, 0.25) is 0 Å². The van der Waals surface area contributed by atoms with E-state index < -0.39 is 10.0 Å². The molecule has 0 saturated carbocycles. The number of hydrogen-bond donors (Lipinski definition) is 1. The Bertz CT molecular complexity index is 784. The van der Waals surface area contributed by atoms with Gasteiger partial charge in [0.05, 0.1) is 19.8 Å². The molecule has 2 heterocycles. The van der Waals surface area contributed by atoms with Crippen LogP contribution in [0.5, 0.6) is 0 Å². The number of nitrogens with zero attached hydrogens (tertiary/aromatic N) is 2. The minimum absolute atomic E-state index is 0.245. The lowest BCUT2D eigenvalue weighted by molar-refractivity contribution is 0.0394. The molecule has 8 heteroatoms. The highest BCUT2D eigenvalue weighted by Gasteiger charge is 2.32. The summed E-state index contributed by atoms with van der Waals surface area (Å²) >= 11 is 5.99. The monoisotopic (exact) mass is 369 g/mol. The molecule has 1 aromatic rings. The van der Waals surface area contributed by atoms with E-state index in [1.807, 2.05) is 0 Å². The van der Waals surface area contributed by atoms with E-state index in [1.54, 1.807) is 31.2 Å². The lowest BCUT2D eigenvalue weighted by atomic mass is 10.1. The number of nitrogens with one attached hydrogen (secondary N) is 1. The molecule has 3 rings (SSSR count). The van der Waals surface area contributed by atoms with Crippen LogP contribution in [0.15, 0.2) is 34.8 Å². The summed E-state index contributed by atoms with van der Waals surface area (Å²) in [5.41, 5.74) is 1.20. The molecule has 130 valence electrons. The van der Waals surface area contributed by atoms with Crippen molar-refractivity contribution in [1.29, 1.82) is 0 Å². The van der Waals surface area contributed by atoms with Crippen molar-refractivity contribution in [1.82, 2.24) is 9.62 Å². The van der Waals surface area contributed by atoms with Crippen molar-refractivity contribution in [3.8, 4) is 0 Å². The summed E-state index contributed by atoms with van der Waals surface area (Å²) in [6, 6.07) is 6.84. The fraction of sp³-hybridized carbons (Fsp3) is 0.438. The lowest BCUT2D eigenvalue weighted by Crippen LogP contribution is -2.38. The Morgan fingerprint density at radius 2 is 2.08 bits per heavy atom. The maximum absolute atomic E-state index is 12.4. The Kier molecular flexibility index (Phi) is 5.24. The number of rotatable bonds is 4. The molecule has 2 aliphatic heterocycles. The van der Waals surface area contributed by atoms with E-state index in [4.69, 9.17) is 16.3 Å². The number of ether oxygens (including phenoxy) is 1. The molecule has 1 aromatic carbocycles. The second-order valence-electron chi connectivity index (χ2n) is 5.75. The number of morpholine rings is 1. The molecule has 0 aromatic heterocycles. The molecule has 0 bridgehead atoms. The highest BCUT2D eigenvalue weighted by Crippen LogP contribution is 2.30. The topological polar surface area (TPSA) is 71.0 Å². The number of amidine groups is 1. The molecule has 0 amide bonds. The second kappa shape index (κ2) is 7.23. The van der Waals surface area contributed by atoms with Crippen molar-refractivity contribution in [2.45, 2.75) is 6.92 Å². The number of halogens is 1. The number of sulfonamides is 1. The zero-order chi connectivity index (χ0) is 17.2. The summed E-state index contributed by atoms with van der Waals surface area (Å²) in [6.07, 6.45) is 0. The Balaban J connectivity index is 1.79. The van der Waals surface area contributed by atoms with Crippen molar-refractivity contribution in [2.24, 2.45) is 4.99 Å². The summed E-state index contributed by atoms with van der Waals surface area (Å²) in [6.45, 7) is 6.34. The average molecular weight is 370 g/mol. The fourth-order valence-corrected chi connectivity index (χ4v) is 4.55. The first kappa shape index (κ1) is 17.4. The third-order valence-electron chi connectivity index (χ3n) is 4.07. The molecule has 0 spiro atoms. The molecule has 0 atom stereocenters. The smallest absolute Gasteiger partial charge is 0.264 e. The van der Waals surface area contributed by atoms with Crippen molar-refractivity contribution in [3.63, 3.8) is 0 Å². The molecule has 0 unspecified atom stereocenters. The summed E-state index contributed by atoms with van der Waals surface area (Å²) in [5.74, 6) is 0.415. The van der Waals surface area contributed by atoms with Crippen LogP contribution in [-0.4, -0.2) is 58.5 Å². The summed E-state index contributed by atoms with van der Waals surface area (Å²) in [7, 11) is -3.60.